The lowest BCUT2D eigenvalue weighted by Gasteiger charge is -1.81. The molecule has 0 radical (unpaired) electrons. The molecule has 0 saturated heterocycles. The lowest BCUT2D eigenvalue weighted by molar-refractivity contribution is -0.667. The molecule has 0 spiro atoms. The molecule has 0 saturated carbocycles. The minimum absolute atomic E-state index is 1.04. The first-order valence-electron chi connectivity index (χ1n) is 1.95. The van der Waals surface area contributed by atoms with Gasteiger partial charge in [-0.3, -0.25) is 5.43 Å². The molecule has 0 aliphatic heterocycles. The summed E-state index contributed by atoms with van der Waals surface area (Å²) in [6.07, 6.45) is 1.16. The zero-order valence-electron chi connectivity index (χ0n) is 3.57. The standard InChI is InChI=1S/C3H10N2/c1-2-3-5-4/h5H,2-4H2,1H3/p+1. The van der Waals surface area contributed by atoms with Crippen molar-refractivity contribution in [3.63, 3.8) is 0 Å². The van der Waals surface area contributed by atoms with Crippen molar-refractivity contribution in [3.05, 3.63) is 0 Å². The maximum absolute atomic E-state index is 5.01. The molecule has 4 N–H and O–H groups in total. The van der Waals surface area contributed by atoms with Crippen molar-refractivity contribution >= 4 is 0 Å². The minimum Gasteiger partial charge on any atom is -0.271 e. The monoisotopic (exact) mass is 75.1 g/mol. The number of hydrogen-bond donors (Lipinski definition) is 2. The topological polar surface area (TPSA) is 42.6 Å². The molecule has 0 atom stereocenters. The van der Waals surface area contributed by atoms with Crippen molar-refractivity contribution in [2.75, 3.05) is 6.54 Å². The van der Waals surface area contributed by atoms with Crippen LogP contribution in [0.15, 0.2) is 0 Å². The van der Waals surface area contributed by atoms with Crippen LogP contribution in [-0.4, -0.2) is 6.54 Å². The van der Waals surface area contributed by atoms with E-state index in [1.807, 2.05) is 0 Å². The van der Waals surface area contributed by atoms with E-state index in [1.165, 1.54) is 0 Å². The molecular weight excluding hydrogens is 64.0 g/mol. The van der Waals surface area contributed by atoms with Gasteiger partial charge in [-0.25, -0.2) is 0 Å². The summed E-state index contributed by atoms with van der Waals surface area (Å²) in [6, 6.07) is 0. The van der Waals surface area contributed by atoms with E-state index in [-0.39, 0.29) is 0 Å². The van der Waals surface area contributed by atoms with E-state index in [9.17, 15) is 0 Å². The van der Waals surface area contributed by atoms with Crippen molar-refractivity contribution in [1.29, 1.82) is 0 Å². The van der Waals surface area contributed by atoms with Gasteiger partial charge in [0.05, 0.1) is 6.54 Å². The van der Waals surface area contributed by atoms with Crippen LogP contribution < -0.4 is 11.3 Å². The summed E-state index contributed by atoms with van der Waals surface area (Å²) in [6.45, 7) is 3.14. The van der Waals surface area contributed by atoms with Crippen molar-refractivity contribution < 1.29 is 5.43 Å². The van der Waals surface area contributed by atoms with Gasteiger partial charge in [0.2, 0.25) is 0 Å². The molecule has 2 heteroatoms. The highest BCUT2D eigenvalue weighted by molar-refractivity contribution is 4.09. The van der Waals surface area contributed by atoms with Crippen molar-refractivity contribution in [2.45, 2.75) is 13.3 Å². The molecule has 32 valence electrons. The Hall–Kier alpha value is -0.0800. The molecule has 0 rings (SSSR count). The lowest BCUT2D eigenvalue weighted by atomic mass is 10.5. The van der Waals surface area contributed by atoms with E-state index in [0.29, 0.717) is 0 Å². The van der Waals surface area contributed by atoms with Crippen LogP contribution in [0.25, 0.3) is 0 Å². The number of rotatable bonds is 2. The minimum atomic E-state index is 1.04. The SMILES string of the molecule is CCC[NH2+]N. The quantitative estimate of drug-likeness (QED) is 0.315. The number of nitrogens with two attached hydrogens (primary N) is 2. The van der Waals surface area contributed by atoms with Crippen LogP contribution in [0, 0.1) is 0 Å². The molecule has 0 unspecified atom stereocenters. The zero-order valence-corrected chi connectivity index (χ0v) is 3.57. The van der Waals surface area contributed by atoms with Gasteiger partial charge in [0, 0.05) is 0 Å². The van der Waals surface area contributed by atoms with Crippen LogP contribution in [0.3, 0.4) is 0 Å². The molecule has 0 bridgehead atoms. The van der Waals surface area contributed by atoms with Gasteiger partial charge in [0.1, 0.15) is 0 Å². The third kappa shape index (κ3) is 3.92. The Kier molecular flexibility index (Phi) is 3.86. The Labute approximate surface area is 32.3 Å². The van der Waals surface area contributed by atoms with Crippen LogP contribution in [0.2, 0.25) is 0 Å². The van der Waals surface area contributed by atoms with E-state index < -0.39 is 0 Å². The van der Waals surface area contributed by atoms with Crippen LogP contribution in [0.5, 0.6) is 0 Å². The summed E-state index contributed by atoms with van der Waals surface area (Å²) >= 11 is 0. The van der Waals surface area contributed by atoms with Gasteiger partial charge in [0.25, 0.3) is 0 Å². The largest absolute Gasteiger partial charge is 0.271 e. The summed E-state index contributed by atoms with van der Waals surface area (Å²) in [4.78, 5) is 0. The van der Waals surface area contributed by atoms with Gasteiger partial charge in [-0.2, -0.15) is 5.84 Å². The predicted octanol–water partition coefficient (Wildman–Crippen LogP) is -1.17. The molecule has 0 aromatic carbocycles. The molecule has 0 amide bonds. The van der Waals surface area contributed by atoms with Gasteiger partial charge >= 0.3 is 0 Å². The molecule has 2 nitrogen and oxygen atoms in total. The first-order valence-corrected chi connectivity index (χ1v) is 1.95. The summed E-state index contributed by atoms with van der Waals surface area (Å²) in [7, 11) is 0. The molecule has 0 aromatic heterocycles. The molecule has 0 aromatic rings. The number of hydrogen-bond acceptors (Lipinski definition) is 1. The Morgan fingerprint density at radius 1 is 1.80 bits per heavy atom. The fourth-order valence-corrected chi connectivity index (χ4v) is 0.167. The normalized spacial score (nSPS) is 8.40. The van der Waals surface area contributed by atoms with Gasteiger partial charge in [0.15, 0.2) is 0 Å². The number of quaternary nitrogens is 1. The highest BCUT2D eigenvalue weighted by Gasteiger charge is 1.69. The molecule has 0 heterocycles. The molecule has 0 aliphatic rings. The summed E-state index contributed by atoms with van der Waals surface area (Å²) < 4.78 is 0. The van der Waals surface area contributed by atoms with Crippen molar-refractivity contribution in [1.82, 2.24) is 0 Å². The van der Waals surface area contributed by atoms with E-state index in [0.717, 1.165) is 13.0 Å². The van der Waals surface area contributed by atoms with Crippen molar-refractivity contribution in [3.8, 4) is 0 Å². The van der Waals surface area contributed by atoms with Crippen LogP contribution in [0.4, 0.5) is 0 Å². The predicted molar refractivity (Wildman–Crippen MR) is 21.3 cm³/mol. The second-order valence-corrected chi connectivity index (χ2v) is 1.02. The first kappa shape index (κ1) is 4.92. The van der Waals surface area contributed by atoms with Crippen LogP contribution in [0.1, 0.15) is 13.3 Å². The average molecular weight is 75.1 g/mol. The highest BCUT2D eigenvalue weighted by atomic mass is 15.2. The second-order valence-electron chi connectivity index (χ2n) is 1.02. The smallest absolute Gasteiger partial charge is 0.0925 e. The Morgan fingerprint density at radius 2 is 2.40 bits per heavy atom. The molecule has 0 aliphatic carbocycles. The van der Waals surface area contributed by atoms with Gasteiger partial charge < -0.3 is 0 Å². The van der Waals surface area contributed by atoms with E-state index in [4.69, 9.17) is 5.84 Å². The van der Waals surface area contributed by atoms with Crippen molar-refractivity contribution in [2.24, 2.45) is 5.84 Å². The Bertz CT molecular complexity index is 12.4. The summed E-state index contributed by atoms with van der Waals surface area (Å²) in [5, 5.41) is 0. The van der Waals surface area contributed by atoms with Crippen LogP contribution in [-0.2, 0) is 0 Å². The van der Waals surface area contributed by atoms with Crippen LogP contribution >= 0.6 is 0 Å². The first-order chi connectivity index (χ1) is 2.41. The third-order valence-corrected chi connectivity index (χ3v) is 0.455. The van der Waals surface area contributed by atoms with Gasteiger partial charge in [-0.1, -0.05) is 6.92 Å². The third-order valence-electron chi connectivity index (χ3n) is 0.455. The maximum Gasteiger partial charge on any atom is 0.0925 e. The van der Waals surface area contributed by atoms with Gasteiger partial charge in [-0.15, -0.1) is 0 Å². The highest BCUT2D eigenvalue weighted by Crippen LogP contribution is 1.55. The van der Waals surface area contributed by atoms with E-state index >= 15 is 0 Å². The lowest BCUT2D eigenvalue weighted by Crippen LogP contribution is -2.91. The molecule has 5 heavy (non-hydrogen) atoms. The maximum atomic E-state index is 5.01. The Balaban J connectivity index is 2.19. The summed E-state index contributed by atoms with van der Waals surface area (Å²) in [5.41, 5.74) is 1.68. The van der Waals surface area contributed by atoms with E-state index in [1.54, 1.807) is 5.43 Å². The molecular formula is C3H11N2+. The Morgan fingerprint density at radius 3 is 2.40 bits per heavy atom. The zero-order chi connectivity index (χ0) is 4.12. The van der Waals surface area contributed by atoms with E-state index in [2.05, 4.69) is 6.92 Å². The van der Waals surface area contributed by atoms with Gasteiger partial charge in [-0.05, 0) is 6.42 Å². The fourth-order valence-electron chi connectivity index (χ4n) is 0.167. The fraction of sp³-hybridized carbons (Fsp3) is 1.00. The molecule has 0 fully saturated rings. The average Bonchev–Trinajstić information content (AvgIpc) is 1.41. The summed E-state index contributed by atoms with van der Waals surface area (Å²) in [5.74, 6) is 5.01. The second kappa shape index (κ2) is 3.92.